The van der Waals surface area contributed by atoms with E-state index in [1.54, 1.807) is 0 Å². The van der Waals surface area contributed by atoms with Crippen molar-refractivity contribution in [3.05, 3.63) is 0 Å². The Morgan fingerprint density at radius 3 is 2.56 bits per heavy atom. The van der Waals surface area contributed by atoms with Gasteiger partial charge >= 0.3 is 0 Å². The van der Waals surface area contributed by atoms with Gasteiger partial charge < -0.3 is 10.6 Å². The van der Waals surface area contributed by atoms with Crippen LogP contribution in [0.25, 0.3) is 0 Å². The lowest BCUT2D eigenvalue weighted by Gasteiger charge is -2.24. The first-order valence-electron chi connectivity index (χ1n) is 7.77. The number of hydrogen-bond donors (Lipinski definition) is 2. The quantitative estimate of drug-likeness (QED) is 0.654. The molecule has 0 spiro atoms. The highest BCUT2D eigenvalue weighted by molar-refractivity contribution is 5.81. The summed E-state index contributed by atoms with van der Waals surface area (Å²) in [7, 11) is 0. The van der Waals surface area contributed by atoms with Crippen molar-refractivity contribution in [2.75, 3.05) is 6.54 Å². The van der Waals surface area contributed by atoms with E-state index >= 15 is 0 Å². The average Bonchev–Trinajstić information content (AvgIpc) is 2.39. The van der Waals surface area contributed by atoms with Crippen molar-refractivity contribution >= 4 is 5.91 Å². The van der Waals surface area contributed by atoms with Crippen LogP contribution >= 0.6 is 0 Å². The molecule has 1 aliphatic carbocycles. The zero-order valence-corrected chi connectivity index (χ0v) is 12.1. The van der Waals surface area contributed by atoms with Crippen LogP contribution in [-0.4, -0.2) is 24.5 Å². The number of rotatable bonds is 8. The molecule has 1 aliphatic rings. The Kier molecular flexibility index (Phi) is 8.06. The number of carbonyl (C=O) groups is 1. The number of nitrogens with one attached hydrogen (secondary N) is 2. The second-order valence-electron chi connectivity index (χ2n) is 5.58. The molecule has 0 heterocycles. The summed E-state index contributed by atoms with van der Waals surface area (Å²) in [6, 6.07) is 0.379. The third-order valence-electron chi connectivity index (χ3n) is 3.83. The number of hydrogen-bond acceptors (Lipinski definition) is 2. The van der Waals surface area contributed by atoms with E-state index in [2.05, 4.69) is 17.6 Å². The lowest BCUT2D eigenvalue weighted by molar-refractivity contribution is -0.123. The van der Waals surface area contributed by atoms with Crippen molar-refractivity contribution in [3.8, 4) is 0 Å². The summed E-state index contributed by atoms with van der Waals surface area (Å²) in [4.78, 5) is 12.0. The van der Waals surface area contributed by atoms with Crippen LogP contribution in [0.5, 0.6) is 0 Å². The summed E-state index contributed by atoms with van der Waals surface area (Å²) in [6.45, 7) is 5.14. The molecule has 0 radical (unpaired) electrons. The van der Waals surface area contributed by atoms with Gasteiger partial charge in [-0.05, 0) is 32.7 Å². The number of carbonyl (C=O) groups excluding carboxylic acids is 1. The molecule has 0 unspecified atom stereocenters. The fourth-order valence-electron chi connectivity index (χ4n) is 2.54. The van der Waals surface area contributed by atoms with Gasteiger partial charge in [0, 0.05) is 6.04 Å². The number of amides is 1. The zero-order chi connectivity index (χ0) is 13.2. The minimum atomic E-state index is -0.0476. The Morgan fingerprint density at radius 2 is 1.89 bits per heavy atom. The minimum absolute atomic E-state index is 0.0476. The van der Waals surface area contributed by atoms with E-state index in [1.807, 2.05) is 6.92 Å². The zero-order valence-electron chi connectivity index (χ0n) is 12.1. The van der Waals surface area contributed by atoms with Crippen molar-refractivity contribution in [1.82, 2.24) is 10.6 Å². The molecule has 18 heavy (non-hydrogen) atoms. The first-order valence-corrected chi connectivity index (χ1v) is 7.77. The molecule has 0 bridgehead atoms. The number of unbranched alkanes of at least 4 members (excludes halogenated alkanes) is 3. The van der Waals surface area contributed by atoms with Crippen LogP contribution in [0.15, 0.2) is 0 Å². The van der Waals surface area contributed by atoms with Crippen molar-refractivity contribution in [2.45, 2.75) is 83.7 Å². The van der Waals surface area contributed by atoms with Crippen molar-refractivity contribution in [3.63, 3.8) is 0 Å². The third-order valence-corrected chi connectivity index (χ3v) is 3.83. The summed E-state index contributed by atoms with van der Waals surface area (Å²) in [5.74, 6) is 0.178. The third kappa shape index (κ3) is 6.39. The van der Waals surface area contributed by atoms with Crippen LogP contribution in [-0.2, 0) is 4.79 Å². The molecule has 0 aromatic heterocycles. The van der Waals surface area contributed by atoms with Gasteiger partial charge in [-0.3, -0.25) is 4.79 Å². The second-order valence-corrected chi connectivity index (χ2v) is 5.58. The van der Waals surface area contributed by atoms with Gasteiger partial charge in [-0.2, -0.15) is 0 Å². The van der Waals surface area contributed by atoms with Crippen LogP contribution in [0, 0.1) is 0 Å². The lowest BCUT2D eigenvalue weighted by atomic mass is 9.95. The highest BCUT2D eigenvalue weighted by atomic mass is 16.2. The monoisotopic (exact) mass is 254 g/mol. The van der Waals surface area contributed by atoms with Crippen LogP contribution < -0.4 is 10.6 Å². The standard InChI is InChI=1S/C15H30N2O/c1-3-4-5-9-12-16-13(2)15(18)17-14-10-7-6-8-11-14/h13-14,16H,3-12H2,1-2H3,(H,17,18)/t13-/m1/s1. The maximum atomic E-state index is 12.0. The normalized spacial score (nSPS) is 18.6. The smallest absolute Gasteiger partial charge is 0.237 e. The van der Waals surface area contributed by atoms with Gasteiger partial charge in [-0.1, -0.05) is 45.4 Å². The predicted molar refractivity (Wildman–Crippen MR) is 76.6 cm³/mol. The first kappa shape index (κ1) is 15.5. The van der Waals surface area contributed by atoms with E-state index in [0.29, 0.717) is 6.04 Å². The van der Waals surface area contributed by atoms with Crippen molar-refractivity contribution in [2.24, 2.45) is 0 Å². The van der Waals surface area contributed by atoms with Gasteiger partial charge in [-0.15, -0.1) is 0 Å². The van der Waals surface area contributed by atoms with Gasteiger partial charge in [0.1, 0.15) is 0 Å². The summed E-state index contributed by atoms with van der Waals surface area (Å²) < 4.78 is 0. The van der Waals surface area contributed by atoms with Crippen LogP contribution in [0.1, 0.15) is 71.6 Å². The summed E-state index contributed by atoms with van der Waals surface area (Å²) in [6.07, 6.45) is 11.2. The Morgan fingerprint density at radius 1 is 1.17 bits per heavy atom. The maximum Gasteiger partial charge on any atom is 0.237 e. The maximum absolute atomic E-state index is 12.0. The van der Waals surface area contributed by atoms with Gasteiger partial charge in [0.25, 0.3) is 0 Å². The molecule has 2 N–H and O–H groups in total. The molecule has 3 nitrogen and oxygen atoms in total. The van der Waals surface area contributed by atoms with Gasteiger partial charge in [0.2, 0.25) is 5.91 Å². The first-order chi connectivity index (χ1) is 8.74. The molecule has 0 aromatic rings. The Labute approximate surface area is 112 Å². The lowest BCUT2D eigenvalue weighted by Crippen LogP contribution is -2.47. The molecular weight excluding hydrogens is 224 g/mol. The van der Waals surface area contributed by atoms with E-state index in [1.165, 1.54) is 44.9 Å². The molecule has 0 aliphatic heterocycles. The van der Waals surface area contributed by atoms with Crippen LogP contribution in [0.3, 0.4) is 0 Å². The highest BCUT2D eigenvalue weighted by Gasteiger charge is 2.18. The van der Waals surface area contributed by atoms with E-state index < -0.39 is 0 Å². The molecule has 0 saturated heterocycles. The Bertz CT molecular complexity index is 225. The topological polar surface area (TPSA) is 41.1 Å². The van der Waals surface area contributed by atoms with Crippen LogP contribution in [0.4, 0.5) is 0 Å². The molecule has 106 valence electrons. The van der Waals surface area contributed by atoms with Crippen molar-refractivity contribution in [1.29, 1.82) is 0 Å². The second kappa shape index (κ2) is 9.37. The molecule has 3 heteroatoms. The Balaban J connectivity index is 2.08. The fraction of sp³-hybridized carbons (Fsp3) is 0.933. The molecule has 1 amide bonds. The molecule has 1 saturated carbocycles. The molecule has 1 atom stereocenters. The Hall–Kier alpha value is -0.570. The molecule has 0 aromatic carbocycles. The average molecular weight is 254 g/mol. The molecule has 1 rings (SSSR count). The van der Waals surface area contributed by atoms with E-state index in [0.717, 1.165) is 19.4 Å². The molecule has 1 fully saturated rings. The predicted octanol–water partition coefficient (Wildman–Crippen LogP) is 2.99. The van der Waals surface area contributed by atoms with Gasteiger partial charge in [0.15, 0.2) is 0 Å². The van der Waals surface area contributed by atoms with E-state index in [9.17, 15) is 4.79 Å². The van der Waals surface area contributed by atoms with Crippen molar-refractivity contribution < 1.29 is 4.79 Å². The van der Waals surface area contributed by atoms with E-state index in [-0.39, 0.29) is 11.9 Å². The molecular formula is C15H30N2O. The van der Waals surface area contributed by atoms with Crippen LogP contribution in [0.2, 0.25) is 0 Å². The summed E-state index contributed by atoms with van der Waals surface area (Å²) in [5.41, 5.74) is 0. The fourth-order valence-corrected chi connectivity index (χ4v) is 2.54. The highest BCUT2D eigenvalue weighted by Crippen LogP contribution is 2.17. The largest absolute Gasteiger partial charge is 0.352 e. The van der Waals surface area contributed by atoms with E-state index in [4.69, 9.17) is 0 Å². The minimum Gasteiger partial charge on any atom is -0.352 e. The van der Waals surface area contributed by atoms with Gasteiger partial charge in [-0.25, -0.2) is 0 Å². The SMILES string of the molecule is CCCCCCN[C@H](C)C(=O)NC1CCCCC1. The summed E-state index contributed by atoms with van der Waals surface area (Å²) in [5, 5.41) is 6.49. The van der Waals surface area contributed by atoms with Gasteiger partial charge in [0.05, 0.1) is 6.04 Å². The summed E-state index contributed by atoms with van der Waals surface area (Å²) >= 11 is 0.